The van der Waals surface area contributed by atoms with Crippen molar-refractivity contribution in [1.82, 2.24) is 0 Å². The lowest BCUT2D eigenvalue weighted by Crippen LogP contribution is -2.40. The van der Waals surface area contributed by atoms with E-state index in [0.717, 1.165) is 53.8 Å². The quantitative estimate of drug-likeness (QED) is 0.620. The summed E-state index contributed by atoms with van der Waals surface area (Å²) in [5, 5.41) is 10.1. The highest BCUT2D eigenvalue weighted by Gasteiger charge is 2.67. The molecule has 0 aromatic rings. The monoisotopic (exact) mass is 218 g/mol. The summed E-state index contributed by atoms with van der Waals surface area (Å²) in [4.78, 5) is 0. The average Bonchev–Trinajstić information content (AvgIpc) is 2.99. The maximum absolute atomic E-state index is 10.1. The fourth-order valence-electron chi connectivity index (χ4n) is 7.28. The van der Waals surface area contributed by atoms with Crippen LogP contribution < -0.4 is 0 Å². The smallest absolute Gasteiger partial charge is 0.0574 e. The molecule has 1 nitrogen and oxygen atoms in total. The van der Waals surface area contributed by atoms with Crippen LogP contribution in [-0.4, -0.2) is 11.2 Å². The Balaban J connectivity index is 1.57. The summed E-state index contributed by atoms with van der Waals surface area (Å²) in [6.07, 6.45) is 8.79. The van der Waals surface area contributed by atoms with E-state index in [0.29, 0.717) is 0 Å². The van der Waals surface area contributed by atoms with Crippen LogP contribution in [0.5, 0.6) is 0 Å². The Morgan fingerprint density at radius 3 is 2.25 bits per heavy atom. The first-order valence-electron chi connectivity index (χ1n) is 7.52. The number of fused-ring (bicyclic) bond motifs is 12. The van der Waals surface area contributed by atoms with Gasteiger partial charge in [0, 0.05) is 0 Å². The second kappa shape index (κ2) is 2.68. The first-order chi connectivity index (χ1) is 7.84. The van der Waals surface area contributed by atoms with E-state index in [2.05, 4.69) is 0 Å². The normalized spacial score (nSPS) is 69.9. The van der Waals surface area contributed by atoms with E-state index in [9.17, 15) is 5.11 Å². The molecule has 0 amide bonds. The largest absolute Gasteiger partial charge is 0.393 e. The number of aliphatic hydroxyl groups excluding tert-OH is 1. The van der Waals surface area contributed by atoms with E-state index in [1.807, 2.05) is 0 Å². The van der Waals surface area contributed by atoms with E-state index in [-0.39, 0.29) is 6.10 Å². The standard InChI is InChI=1S/C15H22O/c16-13-5-7-4-12(13)15-11-6-10(14(7)15)8-2-1-3-9(8)11/h7-16H,1-6H2/t7-,8+,9-,10-,11+,12+,13+,14?,15?/m0/s1. The first-order valence-corrected chi connectivity index (χ1v) is 7.52. The lowest BCUT2D eigenvalue weighted by atomic mass is 9.64. The van der Waals surface area contributed by atoms with Gasteiger partial charge in [-0.1, -0.05) is 6.42 Å². The Kier molecular flexibility index (Phi) is 1.50. The lowest BCUT2D eigenvalue weighted by Gasteiger charge is -2.42. The molecule has 5 aliphatic rings. The van der Waals surface area contributed by atoms with Gasteiger partial charge in [0.15, 0.2) is 0 Å². The van der Waals surface area contributed by atoms with Gasteiger partial charge in [-0.3, -0.25) is 0 Å². The van der Waals surface area contributed by atoms with Crippen molar-refractivity contribution in [2.45, 2.75) is 44.6 Å². The van der Waals surface area contributed by atoms with Gasteiger partial charge in [0.25, 0.3) is 0 Å². The molecule has 0 saturated heterocycles. The molecule has 1 heteroatoms. The molecule has 4 bridgehead atoms. The van der Waals surface area contributed by atoms with E-state index in [4.69, 9.17) is 0 Å². The second-order valence-corrected chi connectivity index (χ2v) is 7.44. The molecule has 0 aromatic carbocycles. The molecule has 88 valence electrons. The summed E-state index contributed by atoms with van der Waals surface area (Å²) in [6.45, 7) is 0. The molecule has 5 saturated carbocycles. The Hall–Kier alpha value is -0.0400. The zero-order chi connectivity index (χ0) is 10.4. The first kappa shape index (κ1) is 8.97. The minimum absolute atomic E-state index is 0.0884. The van der Waals surface area contributed by atoms with Crippen LogP contribution in [0.3, 0.4) is 0 Å². The SMILES string of the molecule is O[C@@H]1C[C@@H]2C[C@H]1C1C2[C@H]2C[C@@H]1[C@H]1CCC[C@H]12. The number of hydrogen-bond donors (Lipinski definition) is 1. The van der Waals surface area contributed by atoms with Crippen LogP contribution in [-0.2, 0) is 0 Å². The van der Waals surface area contributed by atoms with Crippen molar-refractivity contribution >= 4 is 0 Å². The molecule has 0 aromatic heterocycles. The third kappa shape index (κ3) is 0.805. The third-order valence-electron chi connectivity index (χ3n) is 7.35. The van der Waals surface area contributed by atoms with Crippen molar-refractivity contribution in [2.24, 2.45) is 47.3 Å². The summed E-state index contributed by atoms with van der Waals surface area (Å²) in [5.41, 5.74) is 0. The molecule has 9 atom stereocenters. The second-order valence-electron chi connectivity index (χ2n) is 7.44. The highest BCUT2D eigenvalue weighted by atomic mass is 16.3. The van der Waals surface area contributed by atoms with Gasteiger partial charge in [0.05, 0.1) is 6.10 Å². The predicted molar refractivity (Wildman–Crippen MR) is 61.6 cm³/mol. The zero-order valence-electron chi connectivity index (χ0n) is 9.89. The maximum Gasteiger partial charge on any atom is 0.0574 e. The van der Waals surface area contributed by atoms with Gasteiger partial charge in [-0.25, -0.2) is 0 Å². The Labute approximate surface area is 97.6 Å². The van der Waals surface area contributed by atoms with E-state index >= 15 is 0 Å². The van der Waals surface area contributed by atoms with Gasteiger partial charge >= 0.3 is 0 Å². The molecule has 0 spiro atoms. The highest BCUT2D eigenvalue weighted by molar-refractivity contribution is 5.15. The fourth-order valence-corrected chi connectivity index (χ4v) is 7.28. The minimum Gasteiger partial charge on any atom is -0.393 e. The van der Waals surface area contributed by atoms with Crippen molar-refractivity contribution in [1.29, 1.82) is 0 Å². The molecular weight excluding hydrogens is 196 g/mol. The van der Waals surface area contributed by atoms with Gasteiger partial charge in [-0.15, -0.1) is 0 Å². The molecule has 5 aliphatic carbocycles. The summed E-state index contributed by atoms with van der Waals surface area (Å²) >= 11 is 0. The summed E-state index contributed by atoms with van der Waals surface area (Å²) in [6, 6.07) is 0. The van der Waals surface area contributed by atoms with E-state index in [1.54, 1.807) is 12.8 Å². The topological polar surface area (TPSA) is 20.2 Å². The molecule has 5 fully saturated rings. The van der Waals surface area contributed by atoms with Crippen LogP contribution in [0, 0.1) is 47.3 Å². The molecule has 0 aliphatic heterocycles. The lowest BCUT2D eigenvalue weighted by molar-refractivity contribution is -0.000102. The molecular formula is C15H22O. The molecule has 0 radical (unpaired) electrons. The van der Waals surface area contributed by atoms with Gasteiger partial charge in [-0.05, 0) is 79.4 Å². The van der Waals surface area contributed by atoms with Crippen molar-refractivity contribution in [3.63, 3.8) is 0 Å². The van der Waals surface area contributed by atoms with Gasteiger partial charge in [0.2, 0.25) is 0 Å². The number of hydrogen-bond acceptors (Lipinski definition) is 1. The van der Waals surface area contributed by atoms with Crippen molar-refractivity contribution in [3.8, 4) is 0 Å². The summed E-state index contributed by atoms with van der Waals surface area (Å²) in [5.74, 6) is 8.07. The molecule has 1 N–H and O–H groups in total. The Morgan fingerprint density at radius 1 is 0.688 bits per heavy atom. The van der Waals surface area contributed by atoms with Crippen LogP contribution in [0.2, 0.25) is 0 Å². The van der Waals surface area contributed by atoms with Crippen LogP contribution >= 0.6 is 0 Å². The van der Waals surface area contributed by atoms with E-state index in [1.165, 1.54) is 19.3 Å². The van der Waals surface area contributed by atoms with Crippen molar-refractivity contribution < 1.29 is 5.11 Å². The third-order valence-corrected chi connectivity index (χ3v) is 7.35. The molecule has 0 heterocycles. The number of rotatable bonds is 0. The molecule has 5 rings (SSSR count). The van der Waals surface area contributed by atoms with Gasteiger partial charge in [-0.2, -0.15) is 0 Å². The zero-order valence-corrected chi connectivity index (χ0v) is 9.89. The molecule has 16 heavy (non-hydrogen) atoms. The maximum atomic E-state index is 10.1. The van der Waals surface area contributed by atoms with Gasteiger partial charge in [0.1, 0.15) is 0 Å². The van der Waals surface area contributed by atoms with E-state index < -0.39 is 0 Å². The summed E-state index contributed by atoms with van der Waals surface area (Å²) in [7, 11) is 0. The van der Waals surface area contributed by atoms with Gasteiger partial charge < -0.3 is 5.11 Å². The van der Waals surface area contributed by atoms with Crippen LogP contribution in [0.15, 0.2) is 0 Å². The Morgan fingerprint density at radius 2 is 1.44 bits per heavy atom. The number of aliphatic hydroxyl groups is 1. The van der Waals surface area contributed by atoms with Crippen LogP contribution in [0.4, 0.5) is 0 Å². The highest BCUT2D eigenvalue weighted by Crippen LogP contribution is 2.72. The fraction of sp³-hybridized carbons (Fsp3) is 1.00. The van der Waals surface area contributed by atoms with Crippen molar-refractivity contribution in [2.75, 3.05) is 0 Å². The summed E-state index contributed by atoms with van der Waals surface area (Å²) < 4.78 is 0. The minimum atomic E-state index is 0.0884. The van der Waals surface area contributed by atoms with Crippen LogP contribution in [0.1, 0.15) is 38.5 Å². The predicted octanol–water partition coefficient (Wildman–Crippen LogP) is 2.69. The molecule has 2 unspecified atom stereocenters. The van der Waals surface area contributed by atoms with Crippen LogP contribution in [0.25, 0.3) is 0 Å². The average molecular weight is 218 g/mol. The Bertz CT molecular complexity index is 338. The van der Waals surface area contributed by atoms with Crippen molar-refractivity contribution in [3.05, 3.63) is 0 Å².